The van der Waals surface area contributed by atoms with Crippen molar-refractivity contribution >= 4 is 0 Å². The average molecular weight is 217 g/mol. The number of fused-ring (bicyclic) bond motifs is 1. The fraction of sp³-hybridized carbons (Fsp3) is 0.429. The molecule has 0 amide bonds. The van der Waals surface area contributed by atoms with E-state index in [1.165, 1.54) is 11.1 Å². The van der Waals surface area contributed by atoms with E-state index in [0.29, 0.717) is 6.04 Å². The van der Waals surface area contributed by atoms with Crippen LogP contribution in [0.25, 0.3) is 0 Å². The molecule has 3 atom stereocenters. The van der Waals surface area contributed by atoms with E-state index >= 15 is 0 Å². The first kappa shape index (κ1) is 11.4. The maximum atomic E-state index is 5.96. The van der Waals surface area contributed by atoms with E-state index in [9.17, 15) is 0 Å². The zero-order chi connectivity index (χ0) is 11.5. The molecule has 0 radical (unpaired) electrons. The van der Waals surface area contributed by atoms with Crippen molar-refractivity contribution in [2.75, 3.05) is 0 Å². The van der Waals surface area contributed by atoms with Crippen molar-refractivity contribution in [3.63, 3.8) is 0 Å². The van der Waals surface area contributed by atoms with Gasteiger partial charge >= 0.3 is 0 Å². The third-order valence-electron chi connectivity index (χ3n) is 2.98. The van der Waals surface area contributed by atoms with E-state index in [4.69, 9.17) is 4.74 Å². The lowest BCUT2D eigenvalue weighted by atomic mass is 10.0. The molecule has 2 aliphatic rings. The molecule has 0 aromatic rings. The summed E-state index contributed by atoms with van der Waals surface area (Å²) in [7, 11) is 0. The molecular weight excluding hydrogens is 198 g/mol. The Kier molecular flexibility index (Phi) is 3.42. The van der Waals surface area contributed by atoms with Crippen LogP contribution in [0.4, 0.5) is 0 Å². The Morgan fingerprint density at radius 2 is 2.25 bits per heavy atom. The van der Waals surface area contributed by atoms with Crippen molar-refractivity contribution in [1.29, 1.82) is 0 Å². The first-order valence-corrected chi connectivity index (χ1v) is 5.81. The van der Waals surface area contributed by atoms with Crippen LogP contribution in [0.15, 0.2) is 47.6 Å². The normalized spacial score (nSPS) is 34.3. The van der Waals surface area contributed by atoms with Gasteiger partial charge in [-0.2, -0.15) is 0 Å². The fourth-order valence-corrected chi connectivity index (χ4v) is 2.15. The molecule has 0 saturated carbocycles. The first-order chi connectivity index (χ1) is 7.74. The number of nitrogens with one attached hydrogen (secondary N) is 1. The summed E-state index contributed by atoms with van der Waals surface area (Å²) in [5.74, 6) is 0. The zero-order valence-electron chi connectivity index (χ0n) is 10.1. The van der Waals surface area contributed by atoms with Crippen LogP contribution in [-0.4, -0.2) is 18.4 Å². The van der Waals surface area contributed by atoms with Crippen molar-refractivity contribution < 1.29 is 4.74 Å². The molecule has 1 fully saturated rings. The minimum atomic E-state index is 0.0167. The molecule has 1 aliphatic heterocycles. The van der Waals surface area contributed by atoms with E-state index in [-0.39, 0.29) is 12.3 Å². The van der Waals surface area contributed by atoms with Gasteiger partial charge in [0.25, 0.3) is 0 Å². The first-order valence-electron chi connectivity index (χ1n) is 5.81. The molecule has 0 bridgehead atoms. The lowest BCUT2D eigenvalue weighted by Crippen LogP contribution is -2.32. The van der Waals surface area contributed by atoms with Crippen LogP contribution in [0.3, 0.4) is 0 Å². The number of hydrogen-bond acceptors (Lipinski definition) is 2. The molecule has 1 heterocycles. The predicted octanol–water partition coefficient (Wildman–Crippen LogP) is 2.71. The minimum absolute atomic E-state index is 0.0167. The number of hydrogen-bond donors (Lipinski definition) is 1. The molecule has 0 aromatic carbocycles. The van der Waals surface area contributed by atoms with Crippen molar-refractivity contribution in [1.82, 2.24) is 5.32 Å². The number of allylic oxidation sites excluding steroid dienone is 4. The molecular formula is C14H19NO. The van der Waals surface area contributed by atoms with Gasteiger partial charge in [-0.25, -0.2) is 0 Å². The highest BCUT2D eigenvalue weighted by Gasteiger charge is 2.33. The number of rotatable bonds is 2. The van der Waals surface area contributed by atoms with Gasteiger partial charge in [-0.3, -0.25) is 5.32 Å². The summed E-state index contributed by atoms with van der Waals surface area (Å²) >= 11 is 0. The third-order valence-corrected chi connectivity index (χ3v) is 2.98. The standard InChI is InChI=1S/C14H19NO/c1-4-6-11(5-2)14-15-12-9-10(3)7-8-13(12)16-14/h4-9,12-15H,1-3H3/b6-4-,11-5+. The quantitative estimate of drug-likeness (QED) is 0.718. The fourth-order valence-electron chi connectivity index (χ4n) is 2.15. The van der Waals surface area contributed by atoms with Crippen molar-refractivity contribution in [2.45, 2.75) is 39.1 Å². The average Bonchev–Trinajstić information content (AvgIpc) is 2.68. The van der Waals surface area contributed by atoms with Crippen LogP contribution in [0.1, 0.15) is 20.8 Å². The van der Waals surface area contributed by atoms with Gasteiger partial charge in [-0.05, 0) is 26.3 Å². The molecule has 86 valence electrons. The Bertz CT molecular complexity index is 376. The second-order valence-electron chi connectivity index (χ2n) is 4.23. The smallest absolute Gasteiger partial charge is 0.135 e. The van der Waals surface area contributed by atoms with E-state index in [1.54, 1.807) is 0 Å². The second kappa shape index (κ2) is 4.81. The highest BCUT2D eigenvalue weighted by Crippen LogP contribution is 2.24. The van der Waals surface area contributed by atoms with Crippen LogP contribution in [-0.2, 0) is 4.74 Å². The summed E-state index contributed by atoms with van der Waals surface area (Å²) < 4.78 is 5.96. The molecule has 2 nitrogen and oxygen atoms in total. The van der Waals surface area contributed by atoms with Gasteiger partial charge in [0.2, 0.25) is 0 Å². The summed E-state index contributed by atoms with van der Waals surface area (Å²) in [6, 6.07) is 0.315. The molecule has 1 N–H and O–H groups in total. The lowest BCUT2D eigenvalue weighted by Gasteiger charge is -2.14. The van der Waals surface area contributed by atoms with Crippen LogP contribution in [0.2, 0.25) is 0 Å². The van der Waals surface area contributed by atoms with Crippen LogP contribution >= 0.6 is 0 Å². The largest absolute Gasteiger partial charge is 0.350 e. The molecule has 1 saturated heterocycles. The van der Waals surface area contributed by atoms with Gasteiger partial charge in [0.05, 0.1) is 12.1 Å². The molecule has 0 spiro atoms. The summed E-state index contributed by atoms with van der Waals surface area (Å²) in [4.78, 5) is 0. The monoisotopic (exact) mass is 217 g/mol. The molecule has 3 unspecified atom stereocenters. The molecule has 0 aromatic heterocycles. The predicted molar refractivity (Wildman–Crippen MR) is 67.1 cm³/mol. The second-order valence-corrected chi connectivity index (χ2v) is 4.23. The number of ether oxygens (including phenoxy) is 1. The van der Waals surface area contributed by atoms with E-state index in [2.05, 4.69) is 42.6 Å². The van der Waals surface area contributed by atoms with Crippen molar-refractivity contribution in [2.24, 2.45) is 0 Å². The SMILES string of the molecule is C/C=C\C(=C/C)C1NC2C=C(C)C=CC2O1. The van der Waals surface area contributed by atoms with Gasteiger partial charge in [-0.15, -0.1) is 0 Å². The van der Waals surface area contributed by atoms with Gasteiger partial charge in [0.15, 0.2) is 0 Å². The van der Waals surface area contributed by atoms with Crippen molar-refractivity contribution in [3.05, 3.63) is 47.6 Å². The Hall–Kier alpha value is -1.12. The van der Waals surface area contributed by atoms with E-state index in [0.717, 1.165) is 0 Å². The van der Waals surface area contributed by atoms with E-state index in [1.807, 2.05) is 19.9 Å². The summed E-state index contributed by atoms with van der Waals surface area (Å²) in [5, 5.41) is 3.49. The highest BCUT2D eigenvalue weighted by atomic mass is 16.5. The van der Waals surface area contributed by atoms with Gasteiger partial charge in [0, 0.05) is 0 Å². The topological polar surface area (TPSA) is 21.3 Å². The van der Waals surface area contributed by atoms with Gasteiger partial charge in [0.1, 0.15) is 6.23 Å². The van der Waals surface area contributed by atoms with E-state index < -0.39 is 0 Å². The lowest BCUT2D eigenvalue weighted by molar-refractivity contribution is 0.0884. The summed E-state index contributed by atoms with van der Waals surface area (Å²) in [6.07, 6.45) is 12.9. The Morgan fingerprint density at radius 3 is 2.94 bits per heavy atom. The maximum Gasteiger partial charge on any atom is 0.135 e. The minimum Gasteiger partial charge on any atom is -0.350 e. The Balaban J connectivity index is 2.11. The van der Waals surface area contributed by atoms with Crippen molar-refractivity contribution in [3.8, 4) is 0 Å². The molecule has 2 heteroatoms. The van der Waals surface area contributed by atoms with Crippen LogP contribution < -0.4 is 5.32 Å². The Labute approximate surface area is 97.4 Å². The highest BCUT2D eigenvalue weighted by molar-refractivity contribution is 5.31. The summed E-state index contributed by atoms with van der Waals surface area (Å²) in [6.45, 7) is 6.18. The third kappa shape index (κ3) is 2.18. The van der Waals surface area contributed by atoms with Crippen LogP contribution in [0.5, 0.6) is 0 Å². The van der Waals surface area contributed by atoms with Crippen LogP contribution in [0, 0.1) is 0 Å². The zero-order valence-corrected chi connectivity index (χ0v) is 10.1. The molecule has 1 aliphatic carbocycles. The maximum absolute atomic E-state index is 5.96. The Morgan fingerprint density at radius 1 is 1.44 bits per heavy atom. The van der Waals surface area contributed by atoms with Gasteiger partial charge in [-0.1, -0.05) is 42.0 Å². The van der Waals surface area contributed by atoms with Gasteiger partial charge < -0.3 is 4.74 Å². The molecule has 16 heavy (non-hydrogen) atoms. The summed E-state index contributed by atoms with van der Waals surface area (Å²) in [5.41, 5.74) is 2.49. The molecule has 2 rings (SSSR count).